The molecule has 1 aromatic rings. The zero-order valence-corrected chi connectivity index (χ0v) is 11.3. The number of rotatable bonds is 6. The van der Waals surface area contributed by atoms with E-state index in [4.69, 9.17) is 8.85 Å². The van der Waals surface area contributed by atoms with Crippen molar-refractivity contribution < 1.29 is 13.8 Å². The summed E-state index contributed by atoms with van der Waals surface area (Å²) < 4.78 is 11.4. The maximum absolute atomic E-state index is 10.5. The average molecular weight is 255 g/mol. The van der Waals surface area contributed by atoms with Crippen molar-refractivity contribution in [3.05, 3.63) is 34.4 Å². The van der Waals surface area contributed by atoms with Crippen molar-refractivity contribution in [3.63, 3.8) is 0 Å². The Morgan fingerprint density at radius 3 is 2.35 bits per heavy atom. The van der Waals surface area contributed by atoms with E-state index in [1.54, 1.807) is 12.1 Å². The maximum atomic E-state index is 10.5. The van der Waals surface area contributed by atoms with Gasteiger partial charge in [0.1, 0.15) is 5.75 Å². The Balaban J connectivity index is 2.65. The quantitative estimate of drug-likeness (QED) is 0.445. The van der Waals surface area contributed by atoms with Gasteiger partial charge in [0, 0.05) is 18.7 Å². The Morgan fingerprint density at radius 2 is 1.88 bits per heavy atom. The summed E-state index contributed by atoms with van der Waals surface area (Å²) in [6, 6.07) is 6.06. The van der Waals surface area contributed by atoms with Crippen molar-refractivity contribution in [2.75, 3.05) is 6.61 Å². The smallest absolute Gasteiger partial charge is 0.392 e. The molecule has 0 aliphatic carbocycles. The molecular formula is C11H17NO4Si. The van der Waals surface area contributed by atoms with Crippen molar-refractivity contribution in [2.45, 2.75) is 26.4 Å². The highest BCUT2D eigenvalue weighted by molar-refractivity contribution is 6.65. The van der Waals surface area contributed by atoms with Gasteiger partial charge >= 0.3 is 8.56 Å². The lowest BCUT2D eigenvalue weighted by Gasteiger charge is -2.23. The van der Waals surface area contributed by atoms with Crippen molar-refractivity contribution in [3.8, 4) is 5.75 Å². The fraction of sp³-hybridized carbons (Fsp3) is 0.455. The van der Waals surface area contributed by atoms with Crippen LogP contribution in [0.5, 0.6) is 5.75 Å². The lowest BCUT2D eigenvalue weighted by molar-refractivity contribution is -0.384. The molecule has 0 fully saturated rings. The second-order valence-electron chi connectivity index (χ2n) is 4.10. The van der Waals surface area contributed by atoms with Crippen LogP contribution in [0.2, 0.25) is 13.1 Å². The molecule has 0 atom stereocenters. The molecule has 0 unspecified atom stereocenters. The van der Waals surface area contributed by atoms with Gasteiger partial charge in [0.2, 0.25) is 0 Å². The summed E-state index contributed by atoms with van der Waals surface area (Å²) in [7, 11) is -2.18. The minimum absolute atomic E-state index is 0.0614. The van der Waals surface area contributed by atoms with Crippen molar-refractivity contribution in [1.29, 1.82) is 0 Å². The third-order valence-corrected chi connectivity index (χ3v) is 3.69. The molecule has 17 heavy (non-hydrogen) atoms. The number of non-ortho nitro benzene ring substituents is 1. The van der Waals surface area contributed by atoms with Crippen LogP contribution in [0.4, 0.5) is 5.69 Å². The molecule has 0 aliphatic heterocycles. The van der Waals surface area contributed by atoms with Gasteiger partial charge in [-0.1, -0.05) is 6.92 Å². The fourth-order valence-electron chi connectivity index (χ4n) is 1.30. The molecule has 0 bridgehead atoms. The number of nitro benzene ring substituents is 1. The summed E-state index contributed by atoms with van der Waals surface area (Å²) in [5.74, 6) is 0.614. The fourth-order valence-corrected chi connectivity index (χ4v) is 2.76. The molecule has 0 aliphatic rings. The average Bonchev–Trinajstić information content (AvgIpc) is 2.26. The maximum Gasteiger partial charge on any atom is 0.392 e. The number of nitro groups is 1. The van der Waals surface area contributed by atoms with Crippen LogP contribution in [0.3, 0.4) is 0 Å². The molecule has 1 aromatic carbocycles. The molecule has 0 spiro atoms. The predicted molar refractivity (Wildman–Crippen MR) is 67.4 cm³/mol. The number of hydrogen-bond donors (Lipinski definition) is 0. The molecular weight excluding hydrogens is 238 g/mol. The first-order chi connectivity index (χ1) is 7.94. The van der Waals surface area contributed by atoms with E-state index in [9.17, 15) is 10.1 Å². The molecule has 5 nitrogen and oxygen atoms in total. The van der Waals surface area contributed by atoms with Crippen LogP contribution in [0.15, 0.2) is 24.3 Å². The van der Waals surface area contributed by atoms with E-state index in [0.717, 1.165) is 6.42 Å². The minimum atomic E-state index is -2.18. The van der Waals surface area contributed by atoms with Gasteiger partial charge in [-0.15, -0.1) is 0 Å². The molecule has 1 rings (SSSR count). The first-order valence-electron chi connectivity index (χ1n) is 5.52. The summed E-state index contributed by atoms with van der Waals surface area (Å²) in [6.07, 6.45) is 0.944. The summed E-state index contributed by atoms with van der Waals surface area (Å²) in [6.45, 7) is 6.61. The number of nitrogens with zero attached hydrogens (tertiary/aromatic N) is 1. The van der Waals surface area contributed by atoms with Crippen LogP contribution < -0.4 is 4.43 Å². The highest BCUT2D eigenvalue weighted by atomic mass is 28.4. The van der Waals surface area contributed by atoms with E-state index in [1.165, 1.54) is 12.1 Å². The van der Waals surface area contributed by atoms with Crippen LogP contribution in [-0.4, -0.2) is 20.1 Å². The zero-order chi connectivity index (χ0) is 12.9. The Bertz CT molecular complexity index is 378. The number of benzene rings is 1. The molecule has 0 saturated heterocycles. The SMILES string of the molecule is CCCO[Si](C)(C)Oc1ccc([N+](=O)[O-])cc1. The van der Waals surface area contributed by atoms with Gasteiger partial charge in [0.05, 0.1) is 4.92 Å². The highest BCUT2D eigenvalue weighted by Crippen LogP contribution is 2.20. The van der Waals surface area contributed by atoms with E-state index in [0.29, 0.717) is 12.4 Å². The summed E-state index contributed by atoms with van der Waals surface area (Å²) >= 11 is 0. The molecule has 94 valence electrons. The first kappa shape index (κ1) is 13.7. The van der Waals surface area contributed by atoms with Gasteiger partial charge < -0.3 is 8.85 Å². The Kier molecular flexibility index (Phi) is 4.65. The van der Waals surface area contributed by atoms with Crippen molar-refractivity contribution in [1.82, 2.24) is 0 Å². The molecule has 0 N–H and O–H groups in total. The highest BCUT2D eigenvalue weighted by Gasteiger charge is 2.26. The standard InChI is InChI=1S/C11H17NO4Si/c1-4-9-15-17(2,3)16-11-7-5-10(6-8-11)12(13)14/h5-8H,4,9H2,1-3H3. The van der Waals surface area contributed by atoms with Crippen LogP contribution in [0.1, 0.15) is 13.3 Å². The zero-order valence-electron chi connectivity index (χ0n) is 10.3. The number of hydrogen-bond acceptors (Lipinski definition) is 4. The van der Waals surface area contributed by atoms with Crippen LogP contribution >= 0.6 is 0 Å². The third kappa shape index (κ3) is 4.54. The van der Waals surface area contributed by atoms with E-state index in [1.807, 2.05) is 20.0 Å². The predicted octanol–water partition coefficient (Wildman–Crippen LogP) is 3.10. The van der Waals surface area contributed by atoms with E-state index >= 15 is 0 Å². The molecule has 6 heteroatoms. The van der Waals surface area contributed by atoms with Gasteiger partial charge in [-0.2, -0.15) is 0 Å². The third-order valence-electron chi connectivity index (χ3n) is 2.06. The lowest BCUT2D eigenvalue weighted by Crippen LogP contribution is -2.38. The largest absolute Gasteiger partial charge is 0.520 e. The summed E-state index contributed by atoms with van der Waals surface area (Å²) in [5.41, 5.74) is 0.0614. The monoisotopic (exact) mass is 255 g/mol. The molecule has 0 amide bonds. The van der Waals surface area contributed by atoms with Crippen LogP contribution in [0.25, 0.3) is 0 Å². The van der Waals surface area contributed by atoms with Gasteiger partial charge in [-0.3, -0.25) is 10.1 Å². The van der Waals surface area contributed by atoms with Gasteiger partial charge in [-0.05, 0) is 31.6 Å². The van der Waals surface area contributed by atoms with E-state index in [2.05, 4.69) is 0 Å². The Labute approximate surface area is 102 Å². The molecule has 0 radical (unpaired) electrons. The molecule has 0 aromatic heterocycles. The molecule has 0 heterocycles. The lowest BCUT2D eigenvalue weighted by atomic mass is 10.3. The Morgan fingerprint density at radius 1 is 1.29 bits per heavy atom. The van der Waals surface area contributed by atoms with Crippen LogP contribution in [-0.2, 0) is 4.43 Å². The van der Waals surface area contributed by atoms with Crippen molar-refractivity contribution >= 4 is 14.2 Å². The minimum Gasteiger partial charge on any atom is -0.520 e. The van der Waals surface area contributed by atoms with Gasteiger partial charge in [0.25, 0.3) is 5.69 Å². The van der Waals surface area contributed by atoms with Crippen molar-refractivity contribution in [2.24, 2.45) is 0 Å². The normalized spacial score (nSPS) is 11.2. The summed E-state index contributed by atoms with van der Waals surface area (Å²) in [4.78, 5) is 10.1. The second-order valence-corrected chi connectivity index (χ2v) is 7.39. The topological polar surface area (TPSA) is 61.6 Å². The van der Waals surface area contributed by atoms with Gasteiger partial charge in [-0.25, -0.2) is 0 Å². The second kappa shape index (κ2) is 5.79. The van der Waals surface area contributed by atoms with E-state index < -0.39 is 13.5 Å². The molecule has 0 saturated carbocycles. The van der Waals surface area contributed by atoms with E-state index in [-0.39, 0.29) is 5.69 Å². The summed E-state index contributed by atoms with van der Waals surface area (Å²) in [5, 5.41) is 10.5. The van der Waals surface area contributed by atoms with Crippen LogP contribution in [0, 0.1) is 10.1 Å². The Hall–Kier alpha value is -1.40. The first-order valence-corrected chi connectivity index (χ1v) is 8.33. The van der Waals surface area contributed by atoms with Gasteiger partial charge in [0.15, 0.2) is 0 Å².